The van der Waals surface area contributed by atoms with Crippen LogP contribution in [0.1, 0.15) is 54.9 Å². The van der Waals surface area contributed by atoms with Gasteiger partial charge in [0, 0.05) is 68.9 Å². The summed E-state index contributed by atoms with van der Waals surface area (Å²) in [5.74, 6) is -3.58. The maximum absolute atomic E-state index is 14.6. The number of likely N-dealkylation sites (N-methyl/N-ethyl adjacent to an activating group) is 1. The van der Waals surface area contributed by atoms with E-state index in [2.05, 4.69) is 4.90 Å². The third-order valence-corrected chi connectivity index (χ3v) is 15.8. The molecule has 3 unspecified atom stereocenters. The standard InChI is InChI=1S/C37H46FNO9S/c1-4-39-20-34(48-33(41)23-10-6-5-9-21(23)19-49(44,45)28-12-8-7-11-26(28)38)14-13-22(18-40)36-29(34)16-25(31(36)39)35(42)17-27(46-2)24-15-30(36)37(35,43)32(24)47-3/h5-12,22,24-25,27,29-32,40,42-43H,4,13-20H2,1-3H3/t22-,24-,25+,27+,29?,30?,31?,32+,34-,35+,36+,37+/m1/s1. The molecule has 1 spiro atoms. The lowest BCUT2D eigenvalue weighted by Gasteiger charge is -2.71. The van der Waals surface area contributed by atoms with Crippen molar-refractivity contribution < 1.29 is 47.1 Å². The first-order chi connectivity index (χ1) is 23.4. The molecular weight excluding hydrogens is 653 g/mol. The third-order valence-electron chi connectivity index (χ3n) is 14.1. The molecule has 5 aliphatic carbocycles. The highest BCUT2D eigenvalue weighted by Gasteiger charge is 2.88. The van der Waals surface area contributed by atoms with Crippen molar-refractivity contribution in [3.8, 4) is 0 Å². The van der Waals surface area contributed by atoms with Gasteiger partial charge in [-0.05, 0) is 61.9 Å². The predicted molar refractivity (Wildman–Crippen MR) is 174 cm³/mol. The number of fused-ring (bicyclic) bond motifs is 2. The number of methoxy groups -OCH3 is 2. The van der Waals surface area contributed by atoms with E-state index in [0.29, 0.717) is 38.8 Å². The van der Waals surface area contributed by atoms with Crippen molar-refractivity contribution >= 4 is 15.8 Å². The summed E-state index contributed by atoms with van der Waals surface area (Å²) in [7, 11) is -0.922. The van der Waals surface area contributed by atoms with Gasteiger partial charge in [0.1, 0.15) is 27.5 Å². The Balaban J connectivity index is 1.21. The number of nitrogens with zero attached hydrogens (tertiary/aromatic N) is 1. The van der Waals surface area contributed by atoms with Crippen LogP contribution < -0.4 is 0 Å². The SMILES string of the molecule is CCN1C[C@]2(OC(=O)c3ccccc3CS(=O)(=O)c3ccccc3F)CC[C@H](CO)[C@]34C1[C@H](CC23)[C@@]1(O)C[C@H](OC)[C@H]2CC4[C@]1(O)[C@H]2OC. The number of carbonyl (C=O) groups excluding carboxylic acids is 1. The zero-order valence-corrected chi connectivity index (χ0v) is 28.9. The average Bonchev–Trinajstić information content (AvgIpc) is 3.51. The number of hydrogen-bond donors (Lipinski definition) is 3. The first-order valence-corrected chi connectivity index (χ1v) is 19.2. The smallest absolute Gasteiger partial charge is 0.339 e. The first-order valence-electron chi connectivity index (χ1n) is 17.5. The number of rotatable bonds is 9. The van der Waals surface area contributed by atoms with Gasteiger partial charge in [0.2, 0.25) is 0 Å². The lowest BCUT2D eigenvalue weighted by atomic mass is 9.42. The van der Waals surface area contributed by atoms with E-state index in [4.69, 9.17) is 14.2 Å². The molecule has 6 fully saturated rings. The normalized spacial score (nSPS) is 43.4. The molecule has 1 saturated heterocycles. The molecule has 0 aromatic heterocycles. The van der Waals surface area contributed by atoms with Crippen LogP contribution in [0.4, 0.5) is 4.39 Å². The lowest BCUT2D eigenvalue weighted by molar-refractivity contribution is -0.333. The highest BCUT2D eigenvalue weighted by atomic mass is 32.2. The second-order valence-electron chi connectivity index (χ2n) is 15.5. The Kier molecular flexibility index (Phi) is 7.75. The van der Waals surface area contributed by atoms with Crippen molar-refractivity contribution in [3.63, 3.8) is 0 Å². The van der Waals surface area contributed by atoms with Gasteiger partial charge in [-0.15, -0.1) is 0 Å². The second kappa shape index (κ2) is 11.3. The molecule has 1 heterocycles. The van der Waals surface area contributed by atoms with Crippen LogP contribution in [-0.2, 0) is 29.8 Å². The molecule has 12 heteroatoms. The van der Waals surface area contributed by atoms with Gasteiger partial charge in [-0.3, -0.25) is 4.90 Å². The fraction of sp³-hybridized carbons (Fsp3) is 0.649. The van der Waals surface area contributed by atoms with Crippen molar-refractivity contribution in [2.24, 2.45) is 35.0 Å². The predicted octanol–water partition coefficient (Wildman–Crippen LogP) is 2.97. The fourth-order valence-corrected chi connectivity index (χ4v) is 14.1. The minimum Gasteiger partial charge on any atom is -0.454 e. The molecule has 2 aromatic rings. The molecule has 7 bridgehead atoms. The minimum absolute atomic E-state index is 0.0960. The monoisotopic (exact) mass is 699 g/mol. The Morgan fingerprint density at radius 2 is 1.78 bits per heavy atom. The van der Waals surface area contributed by atoms with E-state index in [1.165, 1.54) is 18.2 Å². The van der Waals surface area contributed by atoms with Crippen LogP contribution in [0.2, 0.25) is 0 Å². The van der Waals surface area contributed by atoms with Crippen LogP contribution in [-0.4, -0.2) is 104 Å². The van der Waals surface area contributed by atoms with Gasteiger partial charge in [-0.25, -0.2) is 17.6 Å². The van der Waals surface area contributed by atoms with Gasteiger partial charge >= 0.3 is 5.97 Å². The molecule has 6 aliphatic rings. The molecule has 49 heavy (non-hydrogen) atoms. The summed E-state index contributed by atoms with van der Waals surface area (Å²) >= 11 is 0. The topological polar surface area (TPSA) is 143 Å². The molecule has 12 atom stereocenters. The molecule has 266 valence electrons. The zero-order valence-electron chi connectivity index (χ0n) is 28.1. The molecule has 0 amide bonds. The number of esters is 1. The van der Waals surface area contributed by atoms with E-state index in [0.717, 1.165) is 6.07 Å². The van der Waals surface area contributed by atoms with Gasteiger partial charge < -0.3 is 29.5 Å². The van der Waals surface area contributed by atoms with Crippen molar-refractivity contribution in [1.82, 2.24) is 4.90 Å². The number of sulfone groups is 1. The maximum atomic E-state index is 14.6. The number of aliphatic hydroxyl groups is 3. The van der Waals surface area contributed by atoms with Crippen LogP contribution in [0.15, 0.2) is 53.4 Å². The highest BCUT2D eigenvalue weighted by molar-refractivity contribution is 7.90. The Labute approximate surface area is 286 Å². The molecule has 1 aliphatic heterocycles. The third kappa shape index (κ3) is 4.13. The summed E-state index contributed by atoms with van der Waals surface area (Å²) < 4.78 is 60.0. The van der Waals surface area contributed by atoms with Crippen molar-refractivity contribution in [2.75, 3.05) is 33.9 Å². The van der Waals surface area contributed by atoms with Crippen LogP contribution in [0.25, 0.3) is 0 Å². The summed E-state index contributed by atoms with van der Waals surface area (Å²) in [6.07, 6.45) is 1.38. The Bertz CT molecular complexity index is 1780. The number of ether oxygens (including phenoxy) is 3. The fourth-order valence-electron chi connectivity index (χ4n) is 12.6. The molecule has 2 aromatic carbocycles. The van der Waals surface area contributed by atoms with E-state index in [-0.39, 0.29) is 60.0 Å². The van der Waals surface area contributed by atoms with Gasteiger partial charge in [0.15, 0.2) is 9.84 Å². The van der Waals surface area contributed by atoms with E-state index in [9.17, 15) is 32.9 Å². The quantitative estimate of drug-likeness (QED) is 0.335. The largest absolute Gasteiger partial charge is 0.454 e. The molecular formula is C37H46FNO9S. The van der Waals surface area contributed by atoms with Crippen molar-refractivity contribution in [1.29, 1.82) is 0 Å². The van der Waals surface area contributed by atoms with Gasteiger partial charge in [-0.2, -0.15) is 0 Å². The van der Waals surface area contributed by atoms with Crippen LogP contribution in [0.3, 0.4) is 0 Å². The van der Waals surface area contributed by atoms with Crippen LogP contribution >= 0.6 is 0 Å². The molecule has 3 N–H and O–H groups in total. The average molecular weight is 700 g/mol. The summed E-state index contributed by atoms with van der Waals surface area (Å²) in [6.45, 7) is 2.98. The van der Waals surface area contributed by atoms with Crippen LogP contribution in [0, 0.1) is 40.8 Å². The lowest BCUT2D eigenvalue weighted by Crippen LogP contribution is -2.82. The molecule has 8 rings (SSSR count). The van der Waals surface area contributed by atoms with E-state index < -0.39 is 66.5 Å². The van der Waals surface area contributed by atoms with Crippen molar-refractivity contribution in [3.05, 3.63) is 65.5 Å². The second-order valence-corrected chi connectivity index (χ2v) is 17.4. The summed E-state index contributed by atoms with van der Waals surface area (Å²) in [4.78, 5) is 16.3. The van der Waals surface area contributed by atoms with E-state index in [1.54, 1.807) is 38.5 Å². The molecule has 0 radical (unpaired) electrons. The number of likely N-dealkylation sites (tertiary alicyclic amines) is 1. The number of hydrogen-bond acceptors (Lipinski definition) is 10. The maximum Gasteiger partial charge on any atom is 0.339 e. The van der Waals surface area contributed by atoms with Gasteiger partial charge in [-0.1, -0.05) is 37.3 Å². The highest BCUT2D eigenvalue weighted by Crippen LogP contribution is 2.80. The zero-order chi connectivity index (χ0) is 34.7. The molecule has 5 saturated carbocycles. The van der Waals surface area contributed by atoms with Gasteiger partial charge in [0.05, 0.1) is 23.5 Å². The van der Waals surface area contributed by atoms with Crippen molar-refractivity contribution in [2.45, 2.75) is 84.7 Å². The number of carbonyl (C=O) groups is 1. The summed E-state index contributed by atoms with van der Waals surface area (Å²) in [5.41, 5.74) is -4.51. The number of aliphatic hydroxyl groups excluding tert-OH is 1. The molecule has 10 nitrogen and oxygen atoms in total. The van der Waals surface area contributed by atoms with E-state index >= 15 is 0 Å². The summed E-state index contributed by atoms with van der Waals surface area (Å²) in [6, 6.07) is 11.4. The van der Waals surface area contributed by atoms with Crippen LogP contribution in [0.5, 0.6) is 0 Å². The number of halogens is 1. The Hall–Kier alpha value is -2.45. The van der Waals surface area contributed by atoms with Gasteiger partial charge in [0.25, 0.3) is 0 Å². The Morgan fingerprint density at radius 1 is 1.04 bits per heavy atom. The van der Waals surface area contributed by atoms with E-state index in [1.807, 2.05) is 6.92 Å². The minimum atomic E-state index is -4.14. The first kappa shape index (κ1) is 33.7. The Morgan fingerprint density at radius 3 is 2.47 bits per heavy atom. The number of piperidine rings is 1. The number of benzene rings is 2. The summed E-state index contributed by atoms with van der Waals surface area (Å²) in [5, 5.41) is 36.9.